The Morgan fingerprint density at radius 1 is 0.964 bits per heavy atom. The van der Waals surface area contributed by atoms with Gasteiger partial charge in [-0.3, -0.25) is 4.79 Å². The van der Waals surface area contributed by atoms with E-state index in [1.807, 2.05) is 54.3 Å². The summed E-state index contributed by atoms with van der Waals surface area (Å²) in [6.07, 6.45) is 0.861. The van der Waals surface area contributed by atoms with Crippen LogP contribution in [0.2, 0.25) is 0 Å². The Kier molecular flexibility index (Phi) is 4.01. The maximum absolute atomic E-state index is 13.5. The van der Waals surface area contributed by atoms with Crippen LogP contribution in [0, 0.1) is 6.92 Å². The van der Waals surface area contributed by atoms with Gasteiger partial charge in [0, 0.05) is 28.7 Å². The minimum atomic E-state index is -0.106. The molecule has 1 aliphatic rings. The lowest BCUT2D eigenvalue weighted by Crippen LogP contribution is -2.40. The molecule has 5 rings (SSSR count). The fourth-order valence-electron chi connectivity index (χ4n) is 4.39. The third kappa shape index (κ3) is 2.71. The molecule has 0 radical (unpaired) electrons. The van der Waals surface area contributed by atoms with Crippen molar-refractivity contribution in [1.29, 1.82) is 0 Å². The van der Waals surface area contributed by atoms with Crippen LogP contribution in [-0.4, -0.2) is 22.3 Å². The molecule has 1 aliphatic heterocycles. The molecule has 1 amide bonds. The molecule has 0 aliphatic carbocycles. The van der Waals surface area contributed by atoms with Crippen LogP contribution in [-0.2, 0) is 6.42 Å². The van der Waals surface area contributed by atoms with Crippen LogP contribution >= 0.6 is 0 Å². The molecule has 0 spiro atoms. The molecule has 0 unspecified atom stereocenters. The lowest BCUT2D eigenvalue weighted by atomic mass is 9.91. The molecule has 0 saturated heterocycles. The third-order valence-electron chi connectivity index (χ3n) is 5.68. The van der Waals surface area contributed by atoms with Gasteiger partial charge in [0.1, 0.15) is 0 Å². The quantitative estimate of drug-likeness (QED) is 0.516. The van der Waals surface area contributed by atoms with Gasteiger partial charge < -0.3 is 9.88 Å². The number of H-pyrrole nitrogens is 1. The van der Waals surface area contributed by atoms with Crippen molar-refractivity contribution in [2.45, 2.75) is 19.4 Å². The van der Waals surface area contributed by atoms with E-state index in [9.17, 15) is 4.79 Å². The van der Waals surface area contributed by atoms with Crippen molar-refractivity contribution in [2.24, 2.45) is 0 Å². The number of benzene rings is 3. The molecule has 3 aromatic carbocycles. The van der Waals surface area contributed by atoms with E-state index in [1.165, 1.54) is 10.9 Å². The van der Waals surface area contributed by atoms with Crippen LogP contribution in [0.5, 0.6) is 0 Å². The first kappa shape index (κ1) is 16.8. The minimum Gasteiger partial charge on any atom is -0.356 e. The summed E-state index contributed by atoms with van der Waals surface area (Å²) in [7, 11) is 0. The number of nitrogens with one attached hydrogen (secondary N) is 1. The number of carbonyl (C=O) groups is 1. The molecular weight excluding hydrogens is 344 g/mol. The van der Waals surface area contributed by atoms with E-state index in [-0.39, 0.29) is 11.9 Å². The summed E-state index contributed by atoms with van der Waals surface area (Å²) in [6, 6.07) is 26.5. The van der Waals surface area contributed by atoms with E-state index >= 15 is 0 Å². The van der Waals surface area contributed by atoms with Gasteiger partial charge in [-0.25, -0.2) is 0 Å². The average Bonchev–Trinajstić information content (AvgIpc) is 3.12. The summed E-state index contributed by atoms with van der Waals surface area (Å²) in [6.45, 7) is 2.73. The number of carbonyl (C=O) groups excluding carboxylic acids is 1. The van der Waals surface area contributed by atoms with Gasteiger partial charge in [-0.15, -0.1) is 0 Å². The SMILES string of the molecule is Cc1cccc(C(=O)N2CCc3c([nH]c4ccccc34)[C@H]2c2ccccc2)c1. The summed E-state index contributed by atoms with van der Waals surface area (Å²) in [5, 5.41) is 1.26. The first-order chi connectivity index (χ1) is 13.7. The zero-order valence-corrected chi connectivity index (χ0v) is 15.9. The molecule has 0 saturated carbocycles. The maximum atomic E-state index is 13.5. The van der Waals surface area contributed by atoms with Crippen molar-refractivity contribution in [3.63, 3.8) is 0 Å². The fraction of sp³-hybridized carbons (Fsp3) is 0.160. The maximum Gasteiger partial charge on any atom is 0.254 e. The van der Waals surface area contributed by atoms with E-state index in [0.29, 0.717) is 6.54 Å². The third-order valence-corrected chi connectivity index (χ3v) is 5.68. The predicted molar refractivity (Wildman–Crippen MR) is 113 cm³/mol. The van der Waals surface area contributed by atoms with Gasteiger partial charge in [-0.1, -0.05) is 66.2 Å². The normalized spacial score (nSPS) is 16.2. The molecule has 1 N–H and O–H groups in total. The summed E-state index contributed by atoms with van der Waals surface area (Å²) in [5.74, 6) is 0.0851. The summed E-state index contributed by atoms with van der Waals surface area (Å²) < 4.78 is 0. The van der Waals surface area contributed by atoms with Crippen molar-refractivity contribution in [3.8, 4) is 0 Å². The topological polar surface area (TPSA) is 36.1 Å². The first-order valence-corrected chi connectivity index (χ1v) is 9.74. The monoisotopic (exact) mass is 366 g/mol. The Balaban J connectivity index is 1.66. The molecule has 4 aromatic rings. The minimum absolute atomic E-state index is 0.0851. The highest BCUT2D eigenvalue weighted by Gasteiger charge is 2.34. The van der Waals surface area contributed by atoms with Gasteiger partial charge >= 0.3 is 0 Å². The number of aromatic nitrogens is 1. The van der Waals surface area contributed by atoms with Crippen molar-refractivity contribution < 1.29 is 4.79 Å². The number of para-hydroxylation sites is 1. The summed E-state index contributed by atoms with van der Waals surface area (Å²) in [4.78, 5) is 19.1. The number of nitrogens with zero attached hydrogens (tertiary/aromatic N) is 1. The van der Waals surface area contributed by atoms with Gasteiger partial charge in [0.25, 0.3) is 5.91 Å². The Hall–Kier alpha value is -3.33. The fourth-order valence-corrected chi connectivity index (χ4v) is 4.39. The zero-order valence-electron chi connectivity index (χ0n) is 15.9. The predicted octanol–water partition coefficient (Wildman–Crippen LogP) is 5.26. The van der Waals surface area contributed by atoms with E-state index < -0.39 is 0 Å². The zero-order chi connectivity index (χ0) is 19.1. The summed E-state index contributed by atoms with van der Waals surface area (Å²) >= 11 is 0. The highest BCUT2D eigenvalue weighted by Crippen LogP contribution is 2.39. The largest absolute Gasteiger partial charge is 0.356 e. The Labute approximate surface area is 164 Å². The number of aromatic amines is 1. The highest BCUT2D eigenvalue weighted by molar-refractivity contribution is 5.95. The molecule has 2 heterocycles. The van der Waals surface area contributed by atoms with E-state index in [4.69, 9.17) is 0 Å². The average molecular weight is 366 g/mol. The second-order valence-corrected chi connectivity index (χ2v) is 7.49. The van der Waals surface area contributed by atoms with Gasteiger partial charge in [-0.05, 0) is 42.7 Å². The molecule has 1 aromatic heterocycles. The number of fused-ring (bicyclic) bond motifs is 3. The van der Waals surface area contributed by atoms with Gasteiger partial charge in [0.15, 0.2) is 0 Å². The number of rotatable bonds is 2. The van der Waals surface area contributed by atoms with Crippen LogP contribution in [0.1, 0.15) is 38.8 Å². The van der Waals surface area contributed by atoms with E-state index in [2.05, 4.69) is 41.4 Å². The Bertz CT molecular complexity index is 1160. The van der Waals surface area contributed by atoms with Crippen LogP contribution in [0.25, 0.3) is 10.9 Å². The molecule has 28 heavy (non-hydrogen) atoms. The van der Waals surface area contributed by atoms with Crippen LogP contribution in [0.4, 0.5) is 0 Å². The highest BCUT2D eigenvalue weighted by atomic mass is 16.2. The first-order valence-electron chi connectivity index (χ1n) is 9.74. The number of hydrogen-bond donors (Lipinski definition) is 1. The molecule has 138 valence electrons. The molecule has 0 bridgehead atoms. The number of hydrogen-bond acceptors (Lipinski definition) is 1. The Morgan fingerprint density at radius 2 is 1.75 bits per heavy atom. The van der Waals surface area contributed by atoms with E-state index in [1.54, 1.807) is 0 Å². The number of amides is 1. The summed E-state index contributed by atoms with van der Waals surface area (Å²) in [5.41, 5.74) is 6.60. The van der Waals surface area contributed by atoms with Crippen LogP contribution in [0.3, 0.4) is 0 Å². The second kappa shape index (κ2) is 6.68. The van der Waals surface area contributed by atoms with Crippen molar-refractivity contribution >= 4 is 16.8 Å². The van der Waals surface area contributed by atoms with Gasteiger partial charge in [0.2, 0.25) is 0 Å². The Morgan fingerprint density at radius 3 is 2.57 bits per heavy atom. The molecule has 3 nitrogen and oxygen atoms in total. The second-order valence-electron chi connectivity index (χ2n) is 7.49. The van der Waals surface area contributed by atoms with Gasteiger partial charge in [-0.2, -0.15) is 0 Å². The van der Waals surface area contributed by atoms with Crippen molar-refractivity contribution in [2.75, 3.05) is 6.54 Å². The molecular formula is C25H22N2O. The van der Waals surface area contributed by atoms with Crippen LogP contribution in [0.15, 0.2) is 78.9 Å². The molecule has 1 atom stereocenters. The number of aryl methyl sites for hydroxylation is 1. The van der Waals surface area contributed by atoms with Crippen LogP contribution < -0.4 is 0 Å². The van der Waals surface area contributed by atoms with Gasteiger partial charge in [0.05, 0.1) is 6.04 Å². The van der Waals surface area contributed by atoms with Crippen molar-refractivity contribution in [3.05, 3.63) is 107 Å². The van der Waals surface area contributed by atoms with E-state index in [0.717, 1.165) is 34.3 Å². The van der Waals surface area contributed by atoms with Crippen molar-refractivity contribution in [1.82, 2.24) is 9.88 Å². The smallest absolute Gasteiger partial charge is 0.254 e. The molecule has 0 fully saturated rings. The standard InChI is InChI=1S/C25H22N2O/c1-17-8-7-11-19(16-17)25(28)27-15-14-21-20-12-5-6-13-22(20)26-23(21)24(27)18-9-3-2-4-10-18/h2-13,16,24,26H,14-15H2,1H3/t24-/m1/s1. The lowest BCUT2D eigenvalue weighted by Gasteiger charge is -2.36. The lowest BCUT2D eigenvalue weighted by molar-refractivity contribution is 0.0692. The molecule has 3 heteroatoms.